The van der Waals surface area contributed by atoms with Crippen molar-refractivity contribution < 1.29 is 9.13 Å². The van der Waals surface area contributed by atoms with Gasteiger partial charge in [-0.2, -0.15) is 0 Å². The lowest BCUT2D eigenvalue weighted by atomic mass is 10.1. The third kappa shape index (κ3) is 12.8. The van der Waals surface area contributed by atoms with Gasteiger partial charge in [-0.3, -0.25) is 0 Å². The van der Waals surface area contributed by atoms with E-state index >= 15 is 0 Å². The van der Waals surface area contributed by atoms with Crippen LogP contribution in [-0.4, -0.2) is 0 Å². The van der Waals surface area contributed by atoms with E-state index in [2.05, 4.69) is 185 Å². The third-order valence-corrected chi connectivity index (χ3v) is 5.91. The fourth-order valence-corrected chi connectivity index (χ4v) is 3.38. The van der Waals surface area contributed by atoms with E-state index in [0.29, 0.717) is 0 Å². The lowest BCUT2D eigenvalue weighted by Crippen LogP contribution is -2.30. The minimum Gasteiger partial charge on any atom is -0.205 e. The molecule has 0 spiro atoms. The largest absolute Gasteiger partial charge is 0.205 e. The molecule has 38 heavy (non-hydrogen) atoms. The molecule has 2 nitrogen and oxygen atoms in total. The zero-order valence-electron chi connectivity index (χ0n) is 24.0. The summed E-state index contributed by atoms with van der Waals surface area (Å²) < 4.78 is 4.32. The predicted octanol–water partition coefficient (Wildman–Crippen LogP) is 8.48. The van der Waals surface area contributed by atoms with Crippen molar-refractivity contribution >= 4 is 12.2 Å². The quantitative estimate of drug-likeness (QED) is 0.202. The SMILES string of the molecule is CC[n+]1ccc(\C=C/C(C)=C/C=C/C(C)=C/C=C/C=C(C)/C=C/C=C(C)/C=C\c2cc[n+](CC)cc2)cc1. The Labute approximate surface area is 231 Å². The van der Waals surface area contributed by atoms with E-state index in [9.17, 15) is 0 Å². The molecule has 0 atom stereocenters. The first-order valence-corrected chi connectivity index (χ1v) is 13.5. The first-order chi connectivity index (χ1) is 18.4. The normalized spacial score (nSPS) is 14.4. The number of nitrogens with zero attached hydrogens (tertiary/aromatic N) is 2. The summed E-state index contributed by atoms with van der Waals surface area (Å²) in [5.74, 6) is 0. The van der Waals surface area contributed by atoms with E-state index in [1.165, 1.54) is 33.4 Å². The Bertz CT molecular complexity index is 1170. The fraction of sp³-hybridized carbons (Fsp3) is 0.222. The highest BCUT2D eigenvalue weighted by molar-refractivity contribution is 5.52. The zero-order valence-corrected chi connectivity index (χ0v) is 24.0. The van der Waals surface area contributed by atoms with Gasteiger partial charge < -0.3 is 0 Å². The lowest BCUT2D eigenvalue weighted by molar-refractivity contribution is -0.693. The maximum absolute atomic E-state index is 2.16. The van der Waals surface area contributed by atoms with Crippen LogP contribution in [0, 0.1) is 0 Å². The van der Waals surface area contributed by atoms with Crippen LogP contribution in [0.3, 0.4) is 0 Å². The Balaban J connectivity index is 1.81. The van der Waals surface area contributed by atoms with Crippen molar-refractivity contribution in [3.05, 3.63) is 155 Å². The summed E-state index contributed by atoms with van der Waals surface area (Å²) in [6.45, 7) is 14.7. The Morgan fingerprint density at radius 3 is 1.16 bits per heavy atom. The van der Waals surface area contributed by atoms with Crippen molar-refractivity contribution in [1.29, 1.82) is 0 Å². The van der Waals surface area contributed by atoms with E-state index in [0.717, 1.165) is 13.1 Å². The molecule has 0 bridgehead atoms. The Kier molecular flexibility index (Phi) is 13.8. The van der Waals surface area contributed by atoms with E-state index in [4.69, 9.17) is 0 Å². The van der Waals surface area contributed by atoms with Gasteiger partial charge in [0, 0.05) is 24.3 Å². The number of hydrogen-bond donors (Lipinski definition) is 0. The standard InChI is InChI=1S/C36H44N2/c1-7-37-27-23-35(24-28-37)21-19-33(5)17-11-15-31(3)13-9-10-14-32(4)16-12-18-34(6)20-22-36-25-29-38(8-2)30-26-36/h9-30H,7-8H2,1-6H3/q+2/b10-9+,15-11+,16-12+,21-19-,22-20-,31-13+,32-14+,33-17+,34-18+. The van der Waals surface area contributed by atoms with Crippen LogP contribution in [0.15, 0.2) is 144 Å². The summed E-state index contributed by atoms with van der Waals surface area (Å²) in [5, 5.41) is 0. The van der Waals surface area contributed by atoms with Crippen LogP contribution in [0.25, 0.3) is 12.2 Å². The minimum atomic E-state index is 0.993. The van der Waals surface area contributed by atoms with Gasteiger partial charge in [-0.15, -0.1) is 0 Å². The highest BCUT2D eigenvalue weighted by Gasteiger charge is 1.95. The summed E-state index contributed by atoms with van der Waals surface area (Å²) in [6, 6.07) is 8.55. The Morgan fingerprint density at radius 2 is 0.816 bits per heavy atom. The van der Waals surface area contributed by atoms with Crippen LogP contribution < -0.4 is 9.13 Å². The Hall–Kier alpha value is -4.04. The summed E-state index contributed by atoms with van der Waals surface area (Å²) in [7, 11) is 0. The highest BCUT2D eigenvalue weighted by Crippen LogP contribution is 2.06. The molecule has 2 aromatic rings. The molecule has 2 heterocycles. The van der Waals surface area contributed by atoms with Crippen molar-refractivity contribution in [3.63, 3.8) is 0 Å². The second-order valence-corrected chi connectivity index (χ2v) is 9.34. The molecule has 0 aliphatic heterocycles. The molecule has 0 aliphatic rings. The maximum Gasteiger partial charge on any atom is 0.169 e. The molecule has 0 saturated heterocycles. The molecule has 0 radical (unpaired) electrons. The second-order valence-electron chi connectivity index (χ2n) is 9.34. The van der Waals surface area contributed by atoms with Crippen molar-refractivity contribution in [3.8, 4) is 0 Å². The summed E-state index contributed by atoms with van der Waals surface area (Å²) >= 11 is 0. The highest BCUT2D eigenvalue weighted by atomic mass is 14.9. The van der Waals surface area contributed by atoms with Crippen molar-refractivity contribution in [2.45, 2.75) is 54.6 Å². The summed E-state index contributed by atoms with van der Waals surface area (Å²) in [4.78, 5) is 0. The predicted molar refractivity (Wildman–Crippen MR) is 165 cm³/mol. The molecule has 2 rings (SSSR count). The molecule has 0 amide bonds. The topological polar surface area (TPSA) is 7.76 Å². The molecular formula is C36H44N2+2. The third-order valence-electron chi connectivity index (χ3n) is 5.91. The maximum atomic E-state index is 2.16. The first kappa shape index (κ1) is 30.2. The van der Waals surface area contributed by atoms with Crippen LogP contribution in [0.5, 0.6) is 0 Å². The monoisotopic (exact) mass is 504 g/mol. The van der Waals surface area contributed by atoms with Crippen molar-refractivity contribution in [2.75, 3.05) is 0 Å². The number of aromatic nitrogens is 2. The molecular weight excluding hydrogens is 460 g/mol. The van der Waals surface area contributed by atoms with E-state index in [1.54, 1.807) is 0 Å². The number of aryl methyl sites for hydroxylation is 2. The molecule has 0 unspecified atom stereocenters. The Morgan fingerprint density at radius 1 is 0.500 bits per heavy atom. The van der Waals surface area contributed by atoms with Gasteiger partial charge in [0.05, 0.1) is 0 Å². The molecule has 0 saturated carbocycles. The van der Waals surface area contributed by atoms with Crippen LogP contribution in [0.1, 0.15) is 52.7 Å². The number of rotatable bonds is 12. The van der Waals surface area contributed by atoms with Gasteiger partial charge in [-0.25, -0.2) is 9.13 Å². The van der Waals surface area contributed by atoms with E-state index < -0.39 is 0 Å². The number of pyridine rings is 2. The lowest BCUT2D eigenvalue weighted by Gasteiger charge is -1.94. The van der Waals surface area contributed by atoms with Crippen LogP contribution >= 0.6 is 0 Å². The van der Waals surface area contributed by atoms with Crippen LogP contribution in [0.4, 0.5) is 0 Å². The van der Waals surface area contributed by atoms with Crippen LogP contribution in [0.2, 0.25) is 0 Å². The average Bonchev–Trinajstić information content (AvgIpc) is 2.93. The van der Waals surface area contributed by atoms with Gasteiger partial charge in [0.25, 0.3) is 0 Å². The molecule has 2 aromatic heterocycles. The molecule has 0 aromatic carbocycles. The summed E-state index contributed by atoms with van der Waals surface area (Å²) in [5.41, 5.74) is 7.26. The minimum absolute atomic E-state index is 0.993. The molecule has 196 valence electrons. The van der Waals surface area contributed by atoms with Crippen molar-refractivity contribution in [1.82, 2.24) is 0 Å². The summed E-state index contributed by atoms with van der Waals surface area (Å²) in [6.07, 6.45) is 38.1. The number of hydrogen-bond acceptors (Lipinski definition) is 0. The van der Waals surface area contributed by atoms with Gasteiger partial charge in [0.15, 0.2) is 24.8 Å². The number of allylic oxidation sites excluding steroid dienone is 16. The smallest absolute Gasteiger partial charge is 0.169 e. The second kappa shape index (κ2) is 17.4. The van der Waals surface area contributed by atoms with E-state index in [1.807, 2.05) is 0 Å². The first-order valence-electron chi connectivity index (χ1n) is 13.5. The van der Waals surface area contributed by atoms with Gasteiger partial charge in [-0.05, 0) is 52.7 Å². The van der Waals surface area contributed by atoms with Crippen LogP contribution in [-0.2, 0) is 13.1 Å². The molecule has 0 aliphatic carbocycles. The van der Waals surface area contributed by atoms with E-state index in [-0.39, 0.29) is 0 Å². The molecule has 0 fully saturated rings. The van der Waals surface area contributed by atoms with Gasteiger partial charge >= 0.3 is 0 Å². The molecule has 2 heteroatoms. The van der Waals surface area contributed by atoms with Gasteiger partial charge in [0.2, 0.25) is 0 Å². The van der Waals surface area contributed by atoms with Gasteiger partial charge in [0.1, 0.15) is 13.1 Å². The van der Waals surface area contributed by atoms with Crippen molar-refractivity contribution in [2.24, 2.45) is 0 Å². The average molecular weight is 505 g/mol. The zero-order chi connectivity index (χ0) is 27.6. The van der Waals surface area contributed by atoms with Gasteiger partial charge in [-0.1, -0.05) is 107 Å². The molecule has 0 N–H and O–H groups in total. The fourth-order valence-electron chi connectivity index (χ4n) is 3.38.